The van der Waals surface area contributed by atoms with Crippen LogP contribution in [-0.2, 0) is 11.2 Å². The number of ether oxygens (including phenoxy) is 1. The Kier molecular flexibility index (Phi) is 12.7. The second-order valence-corrected chi connectivity index (χ2v) is 6.68. The van der Waals surface area contributed by atoms with E-state index in [1.54, 1.807) is 7.11 Å². The van der Waals surface area contributed by atoms with Crippen LogP contribution in [0.4, 0.5) is 0 Å². The number of aliphatic imine (C=N–C) groups is 1. The molecule has 1 aromatic carbocycles. The van der Waals surface area contributed by atoms with Crippen molar-refractivity contribution in [2.24, 2.45) is 10.9 Å². The largest absolute Gasteiger partial charge is 0.385 e. The normalized spacial score (nSPS) is 17.8. The van der Waals surface area contributed by atoms with Crippen molar-refractivity contribution in [1.82, 2.24) is 15.5 Å². The molecule has 0 aliphatic carbocycles. The van der Waals surface area contributed by atoms with Gasteiger partial charge in [-0.25, -0.2) is 0 Å². The molecule has 0 bridgehead atoms. The Balaban J connectivity index is 0.00000338. The van der Waals surface area contributed by atoms with Gasteiger partial charge in [-0.3, -0.25) is 4.99 Å². The highest BCUT2D eigenvalue weighted by molar-refractivity contribution is 14.0. The molecule has 1 aromatic rings. The minimum atomic E-state index is 0. The lowest BCUT2D eigenvalue weighted by Crippen LogP contribution is -2.38. The second kappa shape index (κ2) is 14.2. The highest BCUT2D eigenvalue weighted by Crippen LogP contribution is 2.17. The standard InChI is InChI=1S/C20H34N4O.HI/c1-3-21-20(22-12-7-15-25-2)23-16-19-11-14-24(17-19)13-10-18-8-5-4-6-9-18;/h4-6,8-9,19H,3,7,10-17H2,1-2H3,(H2,21,22,23);1H. The number of likely N-dealkylation sites (tertiary alicyclic amines) is 1. The SMILES string of the molecule is CCNC(=NCC1CCN(CCc2ccccc2)C1)NCCCOC.I. The highest BCUT2D eigenvalue weighted by atomic mass is 127. The van der Waals surface area contributed by atoms with Gasteiger partial charge in [0.1, 0.15) is 0 Å². The Morgan fingerprint density at radius 3 is 2.81 bits per heavy atom. The van der Waals surface area contributed by atoms with Crippen molar-refractivity contribution in [3.8, 4) is 0 Å². The summed E-state index contributed by atoms with van der Waals surface area (Å²) in [5.74, 6) is 1.60. The Labute approximate surface area is 176 Å². The van der Waals surface area contributed by atoms with Crippen LogP contribution in [0.2, 0.25) is 0 Å². The van der Waals surface area contributed by atoms with Crippen molar-refractivity contribution >= 4 is 29.9 Å². The lowest BCUT2D eigenvalue weighted by Gasteiger charge is -2.16. The van der Waals surface area contributed by atoms with Crippen LogP contribution in [0.5, 0.6) is 0 Å². The molecule has 1 heterocycles. The maximum absolute atomic E-state index is 5.09. The molecular formula is C20H35IN4O. The van der Waals surface area contributed by atoms with E-state index in [1.807, 2.05) is 0 Å². The zero-order valence-corrected chi connectivity index (χ0v) is 18.6. The fraction of sp³-hybridized carbons (Fsp3) is 0.650. The van der Waals surface area contributed by atoms with Gasteiger partial charge in [-0.15, -0.1) is 24.0 Å². The zero-order valence-electron chi connectivity index (χ0n) is 16.2. The van der Waals surface area contributed by atoms with Gasteiger partial charge >= 0.3 is 0 Å². The average Bonchev–Trinajstić information content (AvgIpc) is 3.10. The first kappa shape index (κ1) is 23.2. The van der Waals surface area contributed by atoms with Gasteiger partial charge in [0.2, 0.25) is 0 Å². The first-order chi connectivity index (χ1) is 12.3. The summed E-state index contributed by atoms with van der Waals surface area (Å²) in [5.41, 5.74) is 1.43. The molecule has 0 saturated carbocycles. The molecule has 1 aliphatic heterocycles. The van der Waals surface area contributed by atoms with Crippen molar-refractivity contribution in [3.05, 3.63) is 35.9 Å². The Hall–Kier alpha value is -0.860. The van der Waals surface area contributed by atoms with Gasteiger partial charge in [0.15, 0.2) is 5.96 Å². The first-order valence-corrected chi connectivity index (χ1v) is 9.59. The lowest BCUT2D eigenvalue weighted by molar-refractivity contribution is 0.195. The summed E-state index contributed by atoms with van der Waals surface area (Å²) in [5, 5.41) is 6.71. The highest BCUT2D eigenvalue weighted by Gasteiger charge is 2.21. The smallest absolute Gasteiger partial charge is 0.191 e. The molecule has 0 aromatic heterocycles. The van der Waals surface area contributed by atoms with E-state index in [9.17, 15) is 0 Å². The molecule has 5 nitrogen and oxygen atoms in total. The minimum Gasteiger partial charge on any atom is -0.385 e. The van der Waals surface area contributed by atoms with Crippen molar-refractivity contribution in [3.63, 3.8) is 0 Å². The van der Waals surface area contributed by atoms with Crippen LogP contribution in [0, 0.1) is 5.92 Å². The third kappa shape index (κ3) is 9.19. The number of benzene rings is 1. The molecule has 148 valence electrons. The van der Waals surface area contributed by atoms with E-state index in [0.29, 0.717) is 5.92 Å². The Morgan fingerprint density at radius 1 is 1.27 bits per heavy atom. The number of guanidine groups is 1. The van der Waals surface area contributed by atoms with E-state index in [-0.39, 0.29) is 24.0 Å². The predicted molar refractivity (Wildman–Crippen MR) is 121 cm³/mol. The molecule has 0 radical (unpaired) electrons. The molecule has 2 N–H and O–H groups in total. The fourth-order valence-corrected chi connectivity index (χ4v) is 3.18. The molecule has 1 atom stereocenters. The monoisotopic (exact) mass is 474 g/mol. The average molecular weight is 474 g/mol. The van der Waals surface area contributed by atoms with Crippen LogP contribution in [-0.4, -0.2) is 63.8 Å². The van der Waals surface area contributed by atoms with Crippen LogP contribution >= 0.6 is 24.0 Å². The molecule has 1 unspecified atom stereocenters. The summed E-state index contributed by atoms with van der Waals surface area (Å²) in [6.07, 6.45) is 3.39. The predicted octanol–water partition coefficient (Wildman–Crippen LogP) is 2.76. The third-order valence-corrected chi connectivity index (χ3v) is 4.60. The third-order valence-electron chi connectivity index (χ3n) is 4.60. The van der Waals surface area contributed by atoms with E-state index in [1.165, 1.54) is 25.1 Å². The summed E-state index contributed by atoms with van der Waals surface area (Å²) < 4.78 is 5.09. The van der Waals surface area contributed by atoms with E-state index in [2.05, 4.69) is 52.8 Å². The number of rotatable bonds is 10. The van der Waals surface area contributed by atoms with Crippen LogP contribution in [0.25, 0.3) is 0 Å². The Bertz CT molecular complexity index is 498. The van der Waals surface area contributed by atoms with Gasteiger partial charge in [-0.1, -0.05) is 30.3 Å². The summed E-state index contributed by atoms with van der Waals surface area (Å²) in [6, 6.07) is 10.8. The quantitative estimate of drug-likeness (QED) is 0.237. The maximum atomic E-state index is 5.09. The van der Waals surface area contributed by atoms with E-state index in [0.717, 1.165) is 51.6 Å². The Morgan fingerprint density at radius 2 is 2.08 bits per heavy atom. The van der Waals surface area contributed by atoms with Crippen molar-refractivity contribution in [2.45, 2.75) is 26.2 Å². The van der Waals surface area contributed by atoms with Gasteiger partial charge in [0.05, 0.1) is 0 Å². The lowest BCUT2D eigenvalue weighted by atomic mass is 10.1. The van der Waals surface area contributed by atoms with Gasteiger partial charge in [0, 0.05) is 46.4 Å². The number of halogens is 1. The molecule has 6 heteroatoms. The topological polar surface area (TPSA) is 48.9 Å². The number of nitrogens with zero attached hydrogens (tertiary/aromatic N) is 2. The van der Waals surface area contributed by atoms with Gasteiger partial charge in [-0.2, -0.15) is 0 Å². The molecule has 1 fully saturated rings. The van der Waals surface area contributed by atoms with Crippen molar-refractivity contribution in [1.29, 1.82) is 0 Å². The maximum Gasteiger partial charge on any atom is 0.191 e. The zero-order chi connectivity index (χ0) is 17.7. The van der Waals surface area contributed by atoms with Crippen LogP contribution < -0.4 is 10.6 Å². The molecule has 0 amide bonds. The summed E-state index contributed by atoms with van der Waals surface area (Å²) in [4.78, 5) is 7.35. The second-order valence-electron chi connectivity index (χ2n) is 6.68. The molecule has 2 rings (SSSR count). The van der Waals surface area contributed by atoms with E-state index >= 15 is 0 Å². The summed E-state index contributed by atoms with van der Waals surface area (Å²) in [7, 11) is 1.74. The van der Waals surface area contributed by atoms with Gasteiger partial charge in [0.25, 0.3) is 0 Å². The summed E-state index contributed by atoms with van der Waals surface area (Å²) >= 11 is 0. The van der Waals surface area contributed by atoms with E-state index in [4.69, 9.17) is 9.73 Å². The molecule has 1 saturated heterocycles. The molecule has 26 heavy (non-hydrogen) atoms. The fourth-order valence-electron chi connectivity index (χ4n) is 3.18. The molecular weight excluding hydrogens is 439 g/mol. The number of hydrogen-bond acceptors (Lipinski definition) is 3. The van der Waals surface area contributed by atoms with E-state index < -0.39 is 0 Å². The minimum absolute atomic E-state index is 0. The molecule has 1 aliphatic rings. The van der Waals surface area contributed by atoms with Crippen LogP contribution in [0.1, 0.15) is 25.3 Å². The van der Waals surface area contributed by atoms with Crippen LogP contribution in [0.3, 0.4) is 0 Å². The van der Waals surface area contributed by atoms with Gasteiger partial charge < -0.3 is 20.3 Å². The van der Waals surface area contributed by atoms with Crippen molar-refractivity contribution < 1.29 is 4.74 Å². The first-order valence-electron chi connectivity index (χ1n) is 9.59. The van der Waals surface area contributed by atoms with Crippen molar-refractivity contribution in [2.75, 3.05) is 53.0 Å². The number of hydrogen-bond donors (Lipinski definition) is 2. The van der Waals surface area contributed by atoms with Crippen LogP contribution in [0.15, 0.2) is 35.3 Å². The van der Waals surface area contributed by atoms with Gasteiger partial charge in [-0.05, 0) is 44.2 Å². The number of methoxy groups -OCH3 is 1. The number of nitrogens with one attached hydrogen (secondary N) is 2. The molecule has 0 spiro atoms. The summed E-state index contributed by atoms with van der Waals surface area (Å²) in [6.45, 7) is 9.10.